The minimum absolute atomic E-state index is 0.508. The van der Waals surface area contributed by atoms with Crippen molar-refractivity contribution in [3.63, 3.8) is 0 Å². The standard InChI is InChI=1S/C14H16ClN3/c1-11-7-12(9-15)8-14(17-11)18(2)10-13-5-3-4-6-16-13/h3-8H,9-10H2,1-2H3. The molecule has 18 heavy (non-hydrogen) atoms. The zero-order chi connectivity index (χ0) is 13.0. The van der Waals surface area contributed by atoms with E-state index < -0.39 is 0 Å². The van der Waals surface area contributed by atoms with E-state index in [-0.39, 0.29) is 0 Å². The number of aryl methyl sites for hydroxylation is 1. The second kappa shape index (κ2) is 5.83. The number of rotatable bonds is 4. The highest BCUT2D eigenvalue weighted by atomic mass is 35.5. The van der Waals surface area contributed by atoms with Crippen LogP contribution in [-0.4, -0.2) is 17.0 Å². The lowest BCUT2D eigenvalue weighted by Crippen LogP contribution is -2.18. The predicted molar refractivity (Wildman–Crippen MR) is 74.9 cm³/mol. The lowest BCUT2D eigenvalue weighted by Gasteiger charge is -2.18. The van der Waals surface area contributed by atoms with E-state index in [0.29, 0.717) is 5.88 Å². The molecular weight excluding hydrogens is 246 g/mol. The van der Waals surface area contributed by atoms with Gasteiger partial charge in [-0.05, 0) is 36.8 Å². The van der Waals surface area contributed by atoms with Gasteiger partial charge in [-0.3, -0.25) is 4.98 Å². The average Bonchev–Trinajstić information content (AvgIpc) is 2.39. The molecule has 0 saturated carbocycles. The molecule has 2 rings (SSSR count). The lowest BCUT2D eigenvalue weighted by molar-refractivity contribution is 0.860. The molecule has 0 saturated heterocycles. The first-order valence-corrected chi connectivity index (χ1v) is 6.37. The smallest absolute Gasteiger partial charge is 0.129 e. The number of halogens is 1. The Morgan fingerprint density at radius 1 is 1.28 bits per heavy atom. The Bertz CT molecular complexity index is 514. The highest BCUT2D eigenvalue weighted by Crippen LogP contribution is 2.16. The monoisotopic (exact) mass is 261 g/mol. The third kappa shape index (κ3) is 3.20. The van der Waals surface area contributed by atoms with Crippen molar-refractivity contribution in [2.24, 2.45) is 0 Å². The average molecular weight is 262 g/mol. The SMILES string of the molecule is Cc1cc(CCl)cc(N(C)Cc2ccccn2)n1. The summed E-state index contributed by atoms with van der Waals surface area (Å²) in [6.45, 7) is 2.72. The summed E-state index contributed by atoms with van der Waals surface area (Å²) < 4.78 is 0. The van der Waals surface area contributed by atoms with Crippen molar-refractivity contribution in [2.45, 2.75) is 19.3 Å². The van der Waals surface area contributed by atoms with E-state index in [0.717, 1.165) is 29.3 Å². The van der Waals surface area contributed by atoms with Crippen molar-refractivity contribution in [1.82, 2.24) is 9.97 Å². The molecule has 94 valence electrons. The van der Waals surface area contributed by atoms with Gasteiger partial charge in [0.2, 0.25) is 0 Å². The van der Waals surface area contributed by atoms with Crippen LogP contribution in [-0.2, 0) is 12.4 Å². The van der Waals surface area contributed by atoms with Gasteiger partial charge in [-0.1, -0.05) is 6.07 Å². The molecule has 0 spiro atoms. The van der Waals surface area contributed by atoms with Gasteiger partial charge in [0.25, 0.3) is 0 Å². The van der Waals surface area contributed by atoms with E-state index in [1.807, 2.05) is 44.3 Å². The van der Waals surface area contributed by atoms with E-state index in [4.69, 9.17) is 11.6 Å². The molecule has 0 aromatic carbocycles. The van der Waals surface area contributed by atoms with Crippen LogP contribution in [0.25, 0.3) is 0 Å². The summed E-state index contributed by atoms with van der Waals surface area (Å²) >= 11 is 5.88. The fourth-order valence-corrected chi connectivity index (χ4v) is 1.96. The van der Waals surface area contributed by atoms with Gasteiger partial charge in [0, 0.05) is 24.8 Å². The first-order valence-electron chi connectivity index (χ1n) is 5.83. The van der Waals surface area contributed by atoms with Crippen molar-refractivity contribution in [2.75, 3.05) is 11.9 Å². The maximum atomic E-state index is 5.88. The van der Waals surface area contributed by atoms with Crippen molar-refractivity contribution in [3.8, 4) is 0 Å². The zero-order valence-electron chi connectivity index (χ0n) is 10.6. The van der Waals surface area contributed by atoms with Crippen LogP contribution in [0.15, 0.2) is 36.5 Å². The van der Waals surface area contributed by atoms with E-state index in [1.165, 1.54) is 0 Å². The van der Waals surface area contributed by atoms with E-state index in [2.05, 4.69) is 14.9 Å². The topological polar surface area (TPSA) is 29.0 Å². The molecule has 0 bridgehead atoms. The molecule has 2 aromatic rings. The van der Waals surface area contributed by atoms with Crippen LogP contribution in [0.4, 0.5) is 5.82 Å². The number of hydrogen-bond donors (Lipinski definition) is 0. The van der Waals surface area contributed by atoms with Gasteiger partial charge in [0.15, 0.2) is 0 Å². The number of alkyl halides is 1. The van der Waals surface area contributed by atoms with Gasteiger partial charge in [0.1, 0.15) is 5.82 Å². The number of hydrogen-bond acceptors (Lipinski definition) is 3. The van der Waals surface area contributed by atoms with Crippen molar-refractivity contribution < 1.29 is 0 Å². The molecule has 2 heterocycles. The molecule has 0 unspecified atom stereocenters. The van der Waals surface area contributed by atoms with Crippen LogP contribution in [0.3, 0.4) is 0 Å². The van der Waals surface area contributed by atoms with Crippen LogP contribution in [0.5, 0.6) is 0 Å². The summed E-state index contributed by atoms with van der Waals surface area (Å²) in [5.41, 5.74) is 3.10. The number of pyridine rings is 2. The van der Waals surface area contributed by atoms with Gasteiger partial charge in [-0.15, -0.1) is 11.6 Å². The van der Waals surface area contributed by atoms with Crippen LogP contribution in [0, 0.1) is 6.92 Å². The Balaban J connectivity index is 2.18. The molecule has 3 nitrogen and oxygen atoms in total. The first kappa shape index (κ1) is 12.8. The number of anilines is 1. The highest BCUT2D eigenvalue weighted by molar-refractivity contribution is 6.17. The Hall–Kier alpha value is -1.61. The molecular formula is C14H16ClN3. The molecule has 4 heteroatoms. The largest absolute Gasteiger partial charge is 0.354 e. The van der Waals surface area contributed by atoms with Crippen molar-refractivity contribution >= 4 is 17.4 Å². The normalized spacial score (nSPS) is 10.4. The van der Waals surface area contributed by atoms with Crippen molar-refractivity contribution in [1.29, 1.82) is 0 Å². The van der Waals surface area contributed by atoms with Gasteiger partial charge >= 0.3 is 0 Å². The highest BCUT2D eigenvalue weighted by Gasteiger charge is 2.06. The second-order valence-electron chi connectivity index (χ2n) is 4.29. The fraction of sp³-hybridized carbons (Fsp3) is 0.286. The van der Waals surface area contributed by atoms with E-state index >= 15 is 0 Å². The van der Waals surface area contributed by atoms with Crippen molar-refractivity contribution in [3.05, 3.63) is 53.5 Å². The van der Waals surface area contributed by atoms with E-state index in [1.54, 1.807) is 6.20 Å². The predicted octanol–water partition coefficient (Wildman–Crippen LogP) is 3.16. The zero-order valence-corrected chi connectivity index (χ0v) is 11.4. The molecule has 0 radical (unpaired) electrons. The third-order valence-corrected chi connectivity index (χ3v) is 2.98. The number of nitrogens with zero attached hydrogens (tertiary/aromatic N) is 3. The van der Waals surface area contributed by atoms with Gasteiger partial charge in [-0.2, -0.15) is 0 Å². The molecule has 0 N–H and O–H groups in total. The summed E-state index contributed by atoms with van der Waals surface area (Å²) in [5.74, 6) is 1.43. The molecule has 2 aromatic heterocycles. The van der Waals surface area contributed by atoms with E-state index in [9.17, 15) is 0 Å². The number of aromatic nitrogens is 2. The summed E-state index contributed by atoms with van der Waals surface area (Å²) in [5, 5.41) is 0. The first-order chi connectivity index (χ1) is 8.69. The van der Waals surface area contributed by atoms with Crippen LogP contribution < -0.4 is 4.90 Å². The maximum Gasteiger partial charge on any atom is 0.129 e. The Labute approximate surface area is 112 Å². The second-order valence-corrected chi connectivity index (χ2v) is 4.55. The Morgan fingerprint density at radius 2 is 2.11 bits per heavy atom. The summed E-state index contributed by atoms with van der Waals surface area (Å²) in [7, 11) is 2.01. The molecule has 0 amide bonds. The molecule has 0 atom stereocenters. The van der Waals surface area contributed by atoms with Gasteiger partial charge in [0.05, 0.1) is 12.2 Å². The summed E-state index contributed by atoms with van der Waals surface area (Å²) in [6.07, 6.45) is 1.80. The Kier molecular flexibility index (Phi) is 4.15. The summed E-state index contributed by atoms with van der Waals surface area (Å²) in [4.78, 5) is 10.9. The third-order valence-electron chi connectivity index (χ3n) is 2.67. The fourth-order valence-electron chi connectivity index (χ4n) is 1.81. The molecule has 0 aliphatic carbocycles. The van der Waals surface area contributed by atoms with Crippen LogP contribution in [0.2, 0.25) is 0 Å². The van der Waals surface area contributed by atoms with Gasteiger partial charge < -0.3 is 4.90 Å². The summed E-state index contributed by atoms with van der Waals surface area (Å²) in [6, 6.07) is 9.94. The van der Waals surface area contributed by atoms with Gasteiger partial charge in [-0.25, -0.2) is 4.98 Å². The minimum atomic E-state index is 0.508. The molecule has 0 aliphatic rings. The molecule has 0 aliphatic heterocycles. The lowest BCUT2D eigenvalue weighted by atomic mass is 10.2. The quantitative estimate of drug-likeness (QED) is 0.792. The van der Waals surface area contributed by atoms with Crippen LogP contribution in [0.1, 0.15) is 17.0 Å². The molecule has 0 fully saturated rings. The maximum absolute atomic E-state index is 5.88. The Morgan fingerprint density at radius 3 is 2.78 bits per heavy atom. The van der Waals surface area contributed by atoms with Crippen LogP contribution >= 0.6 is 11.6 Å². The minimum Gasteiger partial charge on any atom is -0.354 e.